The van der Waals surface area contributed by atoms with Crippen LogP contribution in [0, 0.1) is 5.92 Å². The molecule has 24 heavy (non-hydrogen) atoms. The summed E-state index contributed by atoms with van der Waals surface area (Å²) in [6.45, 7) is 3.83. The molecule has 1 fully saturated rings. The van der Waals surface area contributed by atoms with Crippen LogP contribution >= 0.6 is 0 Å². The van der Waals surface area contributed by atoms with E-state index in [4.69, 9.17) is 0 Å². The molecule has 1 heterocycles. The van der Waals surface area contributed by atoms with Crippen molar-refractivity contribution in [3.05, 3.63) is 35.9 Å². The highest BCUT2D eigenvalue weighted by atomic mass is 16.2. The Bertz CT molecular complexity index is 574. The van der Waals surface area contributed by atoms with Crippen molar-refractivity contribution in [2.75, 3.05) is 26.2 Å². The molecule has 1 aromatic carbocycles. The van der Waals surface area contributed by atoms with Gasteiger partial charge >= 0.3 is 0 Å². The van der Waals surface area contributed by atoms with Crippen molar-refractivity contribution in [3.63, 3.8) is 0 Å². The van der Waals surface area contributed by atoms with Gasteiger partial charge in [-0.25, -0.2) is 0 Å². The Hall–Kier alpha value is -2.37. The van der Waals surface area contributed by atoms with Crippen molar-refractivity contribution >= 4 is 17.7 Å². The zero-order valence-electron chi connectivity index (χ0n) is 14.1. The third-order valence-electron chi connectivity index (χ3n) is 4.19. The molecule has 0 radical (unpaired) electrons. The van der Waals surface area contributed by atoms with Gasteiger partial charge in [-0.3, -0.25) is 14.4 Å². The Morgan fingerprint density at radius 2 is 1.83 bits per heavy atom. The summed E-state index contributed by atoms with van der Waals surface area (Å²) in [6.07, 6.45) is 2.13. The van der Waals surface area contributed by atoms with Gasteiger partial charge in [0.15, 0.2) is 0 Å². The van der Waals surface area contributed by atoms with E-state index in [1.807, 2.05) is 25.1 Å². The lowest BCUT2D eigenvalue weighted by atomic mass is 9.97. The van der Waals surface area contributed by atoms with Crippen molar-refractivity contribution in [3.8, 4) is 0 Å². The van der Waals surface area contributed by atoms with Gasteiger partial charge in [0.2, 0.25) is 11.8 Å². The van der Waals surface area contributed by atoms with Crippen molar-refractivity contribution < 1.29 is 14.4 Å². The molecule has 130 valence electrons. The lowest BCUT2D eigenvalue weighted by Crippen LogP contribution is -2.46. The maximum atomic E-state index is 12.2. The van der Waals surface area contributed by atoms with Crippen LogP contribution < -0.4 is 10.6 Å². The molecule has 1 atom stereocenters. The van der Waals surface area contributed by atoms with E-state index in [2.05, 4.69) is 10.6 Å². The number of piperidine rings is 1. The number of carbonyl (C=O) groups is 3. The molecule has 0 aliphatic carbocycles. The van der Waals surface area contributed by atoms with Gasteiger partial charge in [-0.05, 0) is 25.0 Å². The van der Waals surface area contributed by atoms with Crippen LogP contribution in [0.4, 0.5) is 0 Å². The average molecular weight is 331 g/mol. The third-order valence-corrected chi connectivity index (χ3v) is 4.19. The molecular formula is C18H25N3O3. The first-order valence-corrected chi connectivity index (χ1v) is 8.50. The topological polar surface area (TPSA) is 78.5 Å². The standard InChI is InChI=1S/C18H25N3O3/c1-2-16(22)21-12-6-9-15(13-21)18(24)20-11-10-19-17(23)14-7-4-3-5-8-14/h3-5,7-8,15H,2,6,9-13H2,1H3,(H,19,23)(H,20,24)/t15-/m1/s1. The van der Waals surface area contributed by atoms with Gasteiger partial charge in [-0.15, -0.1) is 0 Å². The van der Waals surface area contributed by atoms with E-state index in [1.54, 1.807) is 17.0 Å². The maximum absolute atomic E-state index is 12.2. The van der Waals surface area contributed by atoms with E-state index in [9.17, 15) is 14.4 Å². The molecule has 1 aromatic rings. The van der Waals surface area contributed by atoms with E-state index in [0.29, 0.717) is 31.6 Å². The summed E-state index contributed by atoms with van der Waals surface area (Å²) in [6, 6.07) is 8.96. The normalized spacial score (nSPS) is 17.2. The minimum atomic E-state index is -0.154. The second-order valence-electron chi connectivity index (χ2n) is 5.95. The van der Waals surface area contributed by atoms with Gasteiger partial charge in [-0.1, -0.05) is 25.1 Å². The smallest absolute Gasteiger partial charge is 0.251 e. The van der Waals surface area contributed by atoms with Crippen molar-refractivity contribution in [1.29, 1.82) is 0 Å². The van der Waals surface area contributed by atoms with Crippen LogP contribution in [-0.4, -0.2) is 48.8 Å². The summed E-state index contributed by atoms with van der Waals surface area (Å²) < 4.78 is 0. The largest absolute Gasteiger partial charge is 0.354 e. The van der Waals surface area contributed by atoms with Gasteiger partial charge in [0.05, 0.1) is 5.92 Å². The van der Waals surface area contributed by atoms with E-state index in [0.717, 1.165) is 19.4 Å². The number of likely N-dealkylation sites (tertiary alicyclic amines) is 1. The summed E-state index contributed by atoms with van der Waals surface area (Å²) in [5.74, 6) is -0.249. The van der Waals surface area contributed by atoms with Gasteiger partial charge in [-0.2, -0.15) is 0 Å². The Labute approximate surface area is 142 Å². The Kier molecular flexibility index (Phi) is 6.78. The first-order valence-electron chi connectivity index (χ1n) is 8.50. The van der Waals surface area contributed by atoms with E-state index < -0.39 is 0 Å². The van der Waals surface area contributed by atoms with Crippen LogP contribution in [0.2, 0.25) is 0 Å². The average Bonchev–Trinajstić information content (AvgIpc) is 2.65. The van der Waals surface area contributed by atoms with Gasteiger partial charge in [0, 0.05) is 38.2 Å². The number of rotatable bonds is 6. The number of nitrogens with zero attached hydrogens (tertiary/aromatic N) is 1. The quantitative estimate of drug-likeness (QED) is 0.769. The predicted molar refractivity (Wildman–Crippen MR) is 91.4 cm³/mol. The molecule has 1 aliphatic heterocycles. The first-order chi connectivity index (χ1) is 11.6. The fourth-order valence-electron chi connectivity index (χ4n) is 2.84. The maximum Gasteiger partial charge on any atom is 0.251 e. The molecule has 0 bridgehead atoms. The van der Waals surface area contributed by atoms with Gasteiger partial charge in [0.1, 0.15) is 0 Å². The molecule has 0 unspecified atom stereocenters. The Morgan fingerprint density at radius 3 is 2.54 bits per heavy atom. The van der Waals surface area contributed by atoms with E-state index in [1.165, 1.54) is 0 Å². The Morgan fingerprint density at radius 1 is 1.12 bits per heavy atom. The van der Waals surface area contributed by atoms with Gasteiger partial charge < -0.3 is 15.5 Å². The Balaban J connectivity index is 1.69. The summed E-state index contributed by atoms with van der Waals surface area (Å²) in [5, 5.41) is 5.62. The first kappa shape index (κ1) is 18.0. The third kappa shape index (κ3) is 5.08. The minimum Gasteiger partial charge on any atom is -0.354 e. The lowest BCUT2D eigenvalue weighted by Gasteiger charge is -2.31. The zero-order chi connectivity index (χ0) is 17.4. The van der Waals surface area contributed by atoms with Crippen LogP contribution in [0.5, 0.6) is 0 Å². The van der Waals surface area contributed by atoms with E-state index in [-0.39, 0.29) is 23.6 Å². The minimum absolute atomic E-state index is 0.0439. The molecule has 1 aliphatic rings. The molecule has 6 nitrogen and oxygen atoms in total. The van der Waals surface area contributed by atoms with Crippen LogP contribution in [0.3, 0.4) is 0 Å². The SMILES string of the molecule is CCC(=O)N1CCC[C@@H](C(=O)NCCNC(=O)c2ccccc2)C1. The van der Waals surface area contributed by atoms with Crippen molar-refractivity contribution in [2.24, 2.45) is 5.92 Å². The van der Waals surface area contributed by atoms with Crippen LogP contribution in [0.1, 0.15) is 36.5 Å². The molecular weight excluding hydrogens is 306 g/mol. The fraction of sp³-hybridized carbons (Fsp3) is 0.500. The molecule has 6 heteroatoms. The van der Waals surface area contributed by atoms with Crippen molar-refractivity contribution in [1.82, 2.24) is 15.5 Å². The van der Waals surface area contributed by atoms with Crippen LogP contribution in [-0.2, 0) is 9.59 Å². The number of nitrogens with one attached hydrogen (secondary N) is 2. The highest BCUT2D eigenvalue weighted by Gasteiger charge is 2.27. The second kappa shape index (κ2) is 9.05. The lowest BCUT2D eigenvalue weighted by molar-refractivity contribution is -0.135. The molecule has 2 rings (SSSR count). The zero-order valence-corrected chi connectivity index (χ0v) is 14.1. The second-order valence-corrected chi connectivity index (χ2v) is 5.95. The summed E-state index contributed by atoms with van der Waals surface area (Å²) in [7, 11) is 0. The van der Waals surface area contributed by atoms with Crippen LogP contribution in [0.15, 0.2) is 30.3 Å². The number of hydrogen-bond acceptors (Lipinski definition) is 3. The number of benzene rings is 1. The van der Waals surface area contributed by atoms with Crippen LogP contribution in [0.25, 0.3) is 0 Å². The predicted octanol–water partition coefficient (Wildman–Crippen LogP) is 1.18. The molecule has 3 amide bonds. The fourth-order valence-corrected chi connectivity index (χ4v) is 2.84. The van der Waals surface area contributed by atoms with E-state index >= 15 is 0 Å². The highest BCUT2D eigenvalue weighted by Crippen LogP contribution is 2.17. The number of carbonyl (C=O) groups excluding carboxylic acids is 3. The molecule has 2 N–H and O–H groups in total. The summed E-state index contributed by atoms with van der Waals surface area (Å²) in [5.41, 5.74) is 0.602. The van der Waals surface area contributed by atoms with Crippen molar-refractivity contribution in [2.45, 2.75) is 26.2 Å². The highest BCUT2D eigenvalue weighted by molar-refractivity contribution is 5.94. The molecule has 0 saturated carbocycles. The van der Waals surface area contributed by atoms with Gasteiger partial charge in [0.25, 0.3) is 5.91 Å². The summed E-state index contributed by atoms with van der Waals surface area (Å²) >= 11 is 0. The monoisotopic (exact) mass is 331 g/mol. The summed E-state index contributed by atoms with van der Waals surface area (Å²) in [4.78, 5) is 37.6. The molecule has 0 aromatic heterocycles. The number of amides is 3. The molecule has 0 spiro atoms. The molecule has 1 saturated heterocycles. The number of hydrogen-bond donors (Lipinski definition) is 2.